The van der Waals surface area contributed by atoms with Crippen LogP contribution in [0.15, 0.2) is 18.2 Å². The Hall–Kier alpha value is -1.66. The van der Waals surface area contributed by atoms with E-state index in [4.69, 9.17) is 4.74 Å². The molecule has 1 amide bonds. The number of rotatable bonds is 5. The summed E-state index contributed by atoms with van der Waals surface area (Å²) in [6, 6.07) is 4.32. The van der Waals surface area contributed by atoms with Gasteiger partial charge < -0.3 is 20.1 Å². The van der Waals surface area contributed by atoms with Gasteiger partial charge in [-0.2, -0.15) is 0 Å². The summed E-state index contributed by atoms with van der Waals surface area (Å²) in [6.45, 7) is 3.18. The van der Waals surface area contributed by atoms with Crippen molar-refractivity contribution in [3.63, 3.8) is 0 Å². The molecule has 21 heavy (non-hydrogen) atoms. The third-order valence-electron chi connectivity index (χ3n) is 3.69. The van der Waals surface area contributed by atoms with Crippen LogP contribution >= 0.6 is 0 Å². The van der Waals surface area contributed by atoms with Gasteiger partial charge in [0, 0.05) is 19.6 Å². The van der Waals surface area contributed by atoms with Gasteiger partial charge in [0.05, 0.1) is 19.3 Å². The molecule has 0 aromatic heterocycles. The lowest BCUT2D eigenvalue weighted by Gasteiger charge is -2.24. The van der Waals surface area contributed by atoms with Crippen LogP contribution in [0, 0.1) is 5.82 Å². The molecule has 2 rings (SSSR count). The minimum atomic E-state index is -0.476. The van der Waals surface area contributed by atoms with E-state index in [1.165, 1.54) is 13.2 Å². The van der Waals surface area contributed by atoms with Crippen LogP contribution in [0.25, 0.3) is 0 Å². The van der Waals surface area contributed by atoms with E-state index in [0.717, 1.165) is 0 Å². The topological polar surface area (TPSA) is 61.8 Å². The molecular weight excluding hydrogens is 275 g/mol. The predicted molar refractivity (Wildman–Crippen MR) is 76.5 cm³/mol. The Kier molecular flexibility index (Phi) is 5.14. The number of carbonyl (C=O) groups excluding carboxylic acids is 1. The number of nitrogens with one attached hydrogen (secondary N) is 1. The normalized spacial score (nSPS) is 21.3. The van der Waals surface area contributed by atoms with Crippen molar-refractivity contribution in [3.8, 4) is 5.75 Å². The molecule has 1 aliphatic heterocycles. The number of aliphatic hydroxyl groups excluding tert-OH is 1. The Morgan fingerprint density at radius 2 is 2.33 bits per heavy atom. The Balaban J connectivity index is 2.04. The van der Waals surface area contributed by atoms with Gasteiger partial charge in [-0.15, -0.1) is 0 Å². The number of likely N-dealkylation sites (N-methyl/N-ethyl adjacent to an activating group) is 1. The molecule has 6 heteroatoms. The van der Waals surface area contributed by atoms with Crippen molar-refractivity contribution in [2.75, 3.05) is 20.2 Å². The summed E-state index contributed by atoms with van der Waals surface area (Å²) in [5, 5.41) is 12.5. The minimum absolute atomic E-state index is 0.0646. The summed E-state index contributed by atoms with van der Waals surface area (Å²) in [6.07, 6.45) is -0.0529. The van der Waals surface area contributed by atoms with Crippen molar-refractivity contribution in [1.82, 2.24) is 10.2 Å². The molecule has 1 saturated heterocycles. The standard InChI is InChI=1S/C15H21FN2O3/c1-3-18(15(20)13-7-11(19)8-17-13)9-10-4-5-14(21-2)12(16)6-10/h4-6,11,13,17,19H,3,7-9H2,1-2H3. The minimum Gasteiger partial charge on any atom is -0.494 e. The number of hydrogen-bond donors (Lipinski definition) is 2. The van der Waals surface area contributed by atoms with Crippen LogP contribution in [0.3, 0.4) is 0 Å². The molecule has 0 radical (unpaired) electrons. The molecule has 0 saturated carbocycles. The van der Waals surface area contributed by atoms with E-state index in [2.05, 4.69) is 5.32 Å². The SMILES string of the molecule is CCN(Cc1ccc(OC)c(F)c1)C(=O)C1CC(O)CN1. The first-order chi connectivity index (χ1) is 10.0. The molecule has 0 bridgehead atoms. The summed E-state index contributed by atoms with van der Waals surface area (Å²) < 4.78 is 18.6. The van der Waals surface area contributed by atoms with Gasteiger partial charge >= 0.3 is 0 Å². The Morgan fingerprint density at radius 1 is 1.57 bits per heavy atom. The third-order valence-corrected chi connectivity index (χ3v) is 3.69. The van der Waals surface area contributed by atoms with Crippen LogP contribution < -0.4 is 10.1 Å². The molecular formula is C15H21FN2O3. The zero-order valence-electron chi connectivity index (χ0n) is 12.3. The lowest BCUT2D eigenvalue weighted by Crippen LogP contribution is -2.43. The molecule has 1 heterocycles. The van der Waals surface area contributed by atoms with Gasteiger partial charge in [-0.1, -0.05) is 6.07 Å². The number of methoxy groups -OCH3 is 1. The van der Waals surface area contributed by atoms with Crippen molar-refractivity contribution in [3.05, 3.63) is 29.6 Å². The summed E-state index contributed by atoms with van der Waals surface area (Å²) in [5.74, 6) is -0.313. The van der Waals surface area contributed by atoms with E-state index < -0.39 is 11.9 Å². The second-order valence-electron chi connectivity index (χ2n) is 5.17. The van der Waals surface area contributed by atoms with Crippen molar-refractivity contribution in [1.29, 1.82) is 0 Å². The number of halogens is 1. The molecule has 2 N–H and O–H groups in total. The average molecular weight is 296 g/mol. The van der Waals surface area contributed by atoms with Gasteiger partial charge in [-0.25, -0.2) is 4.39 Å². The molecule has 116 valence electrons. The van der Waals surface area contributed by atoms with Gasteiger partial charge in [0.15, 0.2) is 11.6 Å². The highest BCUT2D eigenvalue weighted by molar-refractivity contribution is 5.82. The number of carbonyl (C=O) groups is 1. The third kappa shape index (κ3) is 3.71. The van der Waals surface area contributed by atoms with Gasteiger partial charge in [0.2, 0.25) is 5.91 Å². The number of nitrogens with zero attached hydrogens (tertiary/aromatic N) is 1. The van der Waals surface area contributed by atoms with Gasteiger partial charge in [0.25, 0.3) is 0 Å². The monoisotopic (exact) mass is 296 g/mol. The number of benzene rings is 1. The second-order valence-corrected chi connectivity index (χ2v) is 5.17. The molecule has 1 aromatic rings. The summed E-state index contributed by atoms with van der Waals surface area (Å²) >= 11 is 0. The predicted octanol–water partition coefficient (Wildman–Crippen LogP) is 0.906. The first-order valence-corrected chi connectivity index (χ1v) is 7.07. The molecule has 1 aromatic carbocycles. The molecule has 1 fully saturated rings. The van der Waals surface area contributed by atoms with E-state index in [1.54, 1.807) is 17.0 Å². The summed E-state index contributed by atoms with van der Waals surface area (Å²) in [4.78, 5) is 14.0. The molecule has 1 aliphatic rings. The number of hydrogen-bond acceptors (Lipinski definition) is 4. The van der Waals surface area contributed by atoms with Crippen LogP contribution in [0.2, 0.25) is 0 Å². The van der Waals surface area contributed by atoms with Gasteiger partial charge in [0.1, 0.15) is 0 Å². The molecule has 0 spiro atoms. The zero-order chi connectivity index (χ0) is 15.4. The zero-order valence-corrected chi connectivity index (χ0v) is 12.3. The summed E-state index contributed by atoms with van der Waals surface area (Å²) in [7, 11) is 1.41. The van der Waals surface area contributed by atoms with Gasteiger partial charge in [-0.3, -0.25) is 4.79 Å². The molecule has 5 nitrogen and oxygen atoms in total. The fourth-order valence-electron chi connectivity index (χ4n) is 2.50. The fraction of sp³-hybridized carbons (Fsp3) is 0.533. The highest BCUT2D eigenvalue weighted by atomic mass is 19.1. The molecule has 2 unspecified atom stereocenters. The summed E-state index contributed by atoms with van der Waals surface area (Å²) in [5.41, 5.74) is 0.710. The number of β-amino-alcohol motifs (C(OH)–C–C–N with tert-alkyl or cyclic N) is 1. The second kappa shape index (κ2) is 6.87. The maximum Gasteiger partial charge on any atom is 0.240 e. The number of amides is 1. The van der Waals surface area contributed by atoms with E-state index >= 15 is 0 Å². The van der Waals surface area contributed by atoms with E-state index in [0.29, 0.717) is 31.6 Å². The van der Waals surface area contributed by atoms with Crippen LogP contribution in [-0.4, -0.2) is 48.3 Å². The van der Waals surface area contributed by atoms with Crippen molar-refractivity contribution < 1.29 is 19.0 Å². The fourth-order valence-corrected chi connectivity index (χ4v) is 2.50. The van der Waals surface area contributed by atoms with Crippen molar-refractivity contribution in [2.45, 2.75) is 32.0 Å². The molecule has 0 aliphatic carbocycles. The van der Waals surface area contributed by atoms with E-state index in [1.807, 2.05) is 6.92 Å². The highest BCUT2D eigenvalue weighted by Gasteiger charge is 2.30. The maximum absolute atomic E-state index is 13.7. The van der Waals surface area contributed by atoms with Crippen LogP contribution in [-0.2, 0) is 11.3 Å². The quantitative estimate of drug-likeness (QED) is 0.848. The van der Waals surface area contributed by atoms with Crippen LogP contribution in [0.4, 0.5) is 4.39 Å². The molecule has 2 atom stereocenters. The van der Waals surface area contributed by atoms with Crippen molar-refractivity contribution >= 4 is 5.91 Å². The Labute approximate surface area is 123 Å². The smallest absolute Gasteiger partial charge is 0.240 e. The van der Waals surface area contributed by atoms with Gasteiger partial charge in [-0.05, 0) is 31.0 Å². The Bertz CT molecular complexity index is 510. The van der Waals surface area contributed by atoms with Crippen LogP contribution in [0.5, 0.6) is 5.75 Å². The first-order valence-electron chi connectivity index (χ1n) is 7.07. The highest BCUT2D eigenvalue weighted by Crippen LogP contribution is 2.19. The number of ether oxygens (including phenoxy) is 1. The number of aliphatic hydroxyl groups is 1. The Morgan fingerprint density at radius 3 is 2.86 bits per heavy atom. The lowest BCUT2D eigenvalue weighted by molar-refractivity contribution is -0.133. The van der Waals surface area contributed by atoms with Crippen LogP contribution in [0.1, 0.15) is 18.9 Å². The van der Waals surface area contributed by atoms with E-state index in [-0.39, 0.29) is 17.7 Å². The average Bonchev–Trinajstić information content (AvgIpc) is 2.91. The van der Waals surface area contributed by atoms with E-state index in [9.17, 15) is 14.3 Å². The first kappa shape index (κ1) is 15.7. The maximum atomic E-state index is 13.7. The van der Waals surface area contributed by atoms with Crippen molar-refractivity contribution in [2.24, 2.45) is 0 Å². The largest absolute Gasteiger partial charge is 0.494 e. The lowest BCUT2D eigenvalue weighted by atomic mass is 10.1.